The van der Waals surface area contributed by atoms with Crippen molar-refractivity contribution in [2.45, 2.75) is 25.3 Å². The first-order valence-electron chi connectivity index (χ1n) is 6.95. The van der Waals surface area contributed by atoms with E-state index in [2.05, 4.69) is 10.6 Å². The van der Waals surface area contributed by atoms with Crippen molar-refractivity contribution in [3.8, 4) is 11.5 Å². The number of carbonyl (C=O) groups is 1. The molecule has 0 radical (unpaired) electrons. The summed E-state index contributed by atoms with van der Waals surface area (Å²) in [6.07, 6.45) is 2.65. The molecule has 4 N–H and O–H groups in total. The number of benzene rings is 1. The summed E-state index contributed by atoms with van der Waals surface area (Å²) in [5.74, 6) is 1.44. The fourth-order valence-electron chi connectivity index (χ4n) is 2.10. The van der Waals surface area contributed by atoms with Crippen LogP contribution in [0.2, 0.25) is 0 Å². The highest BCUT2D eigenvalue weighted by atomic mass is 16.6. The summed E-state index contributed by atoms with van der Waals surface area (Å²) in [6.45, 7) is 1.63. The van der Waals surface area contributed by atoms with Crippen LogP contribution in [0.4, 0.5) is 11.4 Å². The van der Waals surface area contributed by atoms with Crippen LogP contribution in [-0.2, 0) is 4.79 Å². The van der Waals surface area contributed by atoms with Gasteiger partial charge in [-0.3, -0.25) is 4.79 Å². The Kier molecular flexibility index (Phi) is 3.54. The Labute approximate surface area is 117 Å². The zero-order valence-corrected chi connectivity index (χ0v) is 11.3. The lowest BCUT2D eigenvalue weighted by Gasteiger charge is -2.20. The van der Waals surface area contributed by atoms with Crippen molar-refractivity contribution in [1.82, 2.24) is 5.32 Å². The summed E-state index contributed by atoms with van der Waals surface area (Å²) in [6, 6.07) is 3.98. The second kappa shape index (κ2) is 5.48. The molecule has 1 aromatic rings. The number of ether oxygens (including phenoxy) is 2. The molecule has 1 aromatic carbocycles. The Bertz CT molecular complexity index is 515. The van der Waals surface area contributed by atoms with Gasteiger partial charge < -0.3 is 25.8 Å². The molecule has 1 amide bonds. The van der Waals surface area contributed by atoms with E-state index in [1.165, 1.54) is 0 Å². The van der Waals surface area contributed by atoms with E-state index >= 15 is 0 Å². The molecule has 0 aromatic heterocycles. The highest BCUT2D eigenvalue weighted by Gasteiger charge is 2.22. The van der Waals surface area contributed by atoms with Gasteiger partial charge in [0.2, 0.25) is 5.91 Å². The predicted octanol–water partition coefficient (Wildman–Crippen LogP) is 1.12. The van der Waals surface area contributed by atoms with E-state index in [-0.39, 0.29) is 5.91 Å². The van der Waals surface area contributed by atoms with Gasteiger partial charge in [0.1, 0.15) is 13.2 Å². The number of hydrogen-bond donors (Lipinski definition) is 3. The van der Waals surface area contributed by atoms with Gasteiger partial charge in [-0.2, -0.15) is 0 Å². The highest BCUT2D eigenvalue weighted by Crippen LogP contribution is 2.36. The molecule has 6 nitrogen and oxygen atoms in total. The van der Waals surface area contributed by atoms with Crippen LogP contribution in [0.1, 0.15) is 19.3 Å². The van der Waals surface area contributed by atoms with Gasteiger partial charge in [0.25, 0.3) is 0 Å². The maximum Gasteiger partial charge on any atom is 0.221 e. The zero-order chi connectivity index (χ0) is 13.9. The Morgan fingerprint density at radius 3 is 2.65 bits per heavy atom. The summed E-state index contributed by atoms with van der Waals surface area (Å²) in [4.78, 5) is 11.6. The number of fused-ring (bicyclic) bond motifs is 1. The van der Waals surface area contributed by atoms with Crippen LogP contribution in [0.3, 0.4) is 0 Å². The zero-order valence-electron chi connectivity index (χ0n) is 11.3. The number of nitrogen functional groups attached to an aromatic ring is 1. The van der Waals surface area contributed by atoms with Crippen LogP contribution in [0.25, 0.3) is 0 Å². The van der Waals surface area contributed by atoms with Crippen LogP contribution in [-0.4, -0.2) is 31.7 Å². The Morgan fingerprint density at radius 1 is 1.25 bits per heavy atom. The van der Waals surface area contributed by atoms with Gasteiger partial charge in [-0.05, 0) is 12.8 Å². The van der Waals surface area contributed by atoms with E-state index in [1.54, 1.807) is 6.07 Å². The average molecular weight is 277 g/mol. The van der Waals surface area contributed by atoms with Crippen molar-refractivity contribution in [2.24, 2.45) is 0 Å². The van der Waals surface area contributed by atoms with Gasteiger partial charge >= 0.3 is 0 Å². The lowest BCUT2D eigenvalue weighted by molar-refractivity contribution is -0.120. The van der Waals surface area contributed by atoms with E-state index in [0.29, 0.717) is 49.4 Å². The van der Waals surface area contributed by atoms with Crippen molar-refractivity contribution in [2.75, 3.05) is 30.8 Å². The van der Waals surface area contributed by atoms with E-state index < -0.39 is 0 Å². The fraction of sp³-hybridized carbons (Fsp3) is 0.500. The topological polar surface area (TPSA) is 85.6 Å². The van der Waals surface area contributed by atoms with E-state index in [0.717, 1.165) is 18.5 Å². The first-order valence-corrected chi connectivity index (χ1v) is 6.95. The van der Waals surface area contributed by atoms with Gasteiger partial charge in [-0.15, -0.1) is 0 Å². The minimum atomic E-state index is 0.0797. The number of hydrogen-bond acceptors (Lipinski definition) is 5. The minimum Gasteiger partial charge on any atom is -0.486 e. The molecular weight excluding hydrogens is 258 g/mol. The van der Waals surface area contributed by atoms with Crippen LogP contribution in [0, 0.1) is 0 Å². The molecule has 1 heterocycles. The molecule has 108 valence electrons. The van der Waals surface area contributed by atoms with Crippen LogP contribution in [0.15, 0.2) is 12.1 Å². The standard InChI is InChI=1S/C14H19N3O3/c15-10-7-12-13(20-6-5-19-12)8-11(10)16-4-3-14(18)17-9-1-2-9/h7-9,16H,1-6,15H2,(H,17,18). The van der Waals surface area contributed by atoms with Crippen molar-refractivity contribution in [1.29, 1.82) is 0 Å². The van der Waals surface area contributed by atoms with Crippen molar-refractivity contribution < 1.29 is 14.3 Å². The summed E-state index contributed by atoms with van der Waals surface area (Å²) in [7, 11) is 0. The molecule has 20 heavy (non-hydrogen) atoms. The van der Waals surface area contributed by atoms with Crippen molar-refractivity contribution >= 4 is 17.3 Å². The third-order valence-corrected chi connectivity index (χ3v) is 3.32. The van der Waals surface area contributed by atoms with Gasteiger partial charge in [-0.1, -0.05) is 0 Å². The predicted molar refractivity (Wildman–Crippen MR) is 76.1 cm³/mol. The quantitative estimate of drug-likeness (QED) is 0.702. The third kappa shape index (κ3) is 3.07. The fourth-order valence-corrected chi connectivity index (χ4v) is 2.10. The van der Waals surface area contributed by atoms with Crippen molar-refractivity contribution in [3.63, 3.8) is 0 Å². The number of rotatable bonds is 5. The van der Waals surface area contributed by atoms with Crippen molar-refractivity contribution in [3.05, 3.63) is 12.1 Å². The lowest BCUT2D eigenvalue weighted by atomic mass is 10.2. The second-order valence-electron chi connectivity index (χ2n) is 5.10. The Balaban J connectivity index is 1.55. The van der Waals surface area contributed by atoms with Gasteiger partial charge in [0, 0.05) is 31.1 Å². The van der Waals surface area contributed by atoms with Crippen LogP contribution < -0.4 is 25.8 Å². The minimum absolute atomic E-state index is 0.0797. The van der Waals surface area contributed by atoms with E-state index in [9.17, 15) is 4.79 Å². The monoisotopic (exact) mass is 277 g/mol. The maximum atomic E-state index is 11.6. The molecule has 0 spiro atoms. The first-order chi connectivity index (χ1) is 9.72. The molecule has 6 heteroatoms. The van der Waals surface area contributed by atoms with Gasteiger partial charge in [0.15, 0.2) is 11.5 Å². The maximum absolute atomic E-state index is 11.6. The third-order valence-electron chi connectivity index (χ3n) is 3.32. The number of nitrogens with two attached hydrogens (primary N) is 1. The summed E-state index contributed by atoms with van der Waals surface area (Å²) in [5.41, 5.74) is 7.32. The number of anilines is 2. The molecular formula is C14H19N3O3. The molecule has 0 bridgehead atoms. The number of nitrogens with one attached hydrogen (secondary N) is 2. The molecule has 3 rings (SSSR count). The molecule has 1 fully saturated rings. The summed E-state index contributed by atoms with van der Waals surface area (Å²) < 4.78 is 11.0. The molecule has 1 saturated carbocycles. The molecule has 2 aliphatic rings. The van der Waals surface area contributed by atoms with Crippen LogP contribution in [0.5, 0.6) is 11.5 Å². The highest BCUT2D eigenvalue weighted by molar-refractivity contribution is 5.78. The van der Waals surface area contributed by atoms with E-state index in [1.807, 2.05) is 6.07 Å². The molecule has 1 aliphatic heterocycles. The van der Waals surface area contributed by atoms with E-state index in [4.69, 9.17) is 15.2 Å². The first kappa shape index (κ1) is 12.9. The second-order valence-corrected chi connectivity index (χ2v) is 5.10. The Morgan fingerprint density at radius 2 is 1.95 bits per heavy atom. The van der Waals surface area contributed by atoms with Gasteiger partial charge in [-0.25, -0.2) is 0 Å². The van der Waals surface area contributed by atoms with Crippen LogP contribution >= 0.6 is 0 Å². The molecule has 1 aliphatic carbocycles. The largest absolute Gasteiger partial charge is 0.486 e. The lowest BCUT2D eigenvalue weighted by Crippen LogP contribution is -2.27. The molecule has 0 saturated heterocycles. The summed E-state index contributed by atoms with van der Waals surface area (Å²) in [5, 5.41) is 6.12. The number of amides is 1. The SMILES string of the molecule is Nc1cc2c(cc1NCCC(=O)NC1CC1)OCCO2. The Hall–Kier alpha value is -2.11. The summed E-state index contributed by atoms with van der Waals surface area (Å²) >= 11 is 0. The molecule has 0 unspecified atom stereocenters. The smallest absolute Gasteiger partial charge is 0.221 e. The average Bonchev–Trinajstić information content (AvgIpc) is 3.23. The van der Waals surface area contributed by atoms with Gasteiger partial charge in [0.05, 0.1) is 11.4 Å². The molecule has 0 atom stereocenters. The number of carbonyl (C=O) groups excluding carboxylic acids is 1. The normalized spacial score (nSPS) is 16.6.